The molecular formula is C31H34N6O2. The highest BCUT2D eigenvalue weighted by molar-refractivity contribution is 5.82. The van der Waals surface area contributed by atoms with Gasteiger partial charge in [-0.3, -0.25) is 0 Å². The van der Waals surface area contributed by atoms with Crippen LogP contribution in [0.1, 0.15) is 49.6 Å². The third kappa shape index (κ3) is 4.75. The monoisotopic (exact) mass is 522 g/mol. The first-order chi connectivity index (χ1) is 18.8. The van der Waals surface area contributed by atoms with Gasteiger partial charge in [0, 0.05) is 37.6 Å². The van der Waals surface area contributed by atoms with E-state index in [4.69, 9.17) is 14.7 Å². The molecule has 0 saturated carbocycles. The fraction of sp³-hybridized carbons (Fsp3) is 0.355. The Hall–Kier alpha value is -3.88. The number of ether oxygens (including phenoxy) is 1. The molecule has 0 bridgehead atoms. The lowest BCUT2D eigenvalue weighted by Gasteiger charge is -2.33. The molecule has 3 aromatic heterocycles. The molecule has 6 rings (SSSR count). The van der Waals surface area contributed by atoms with Crippen molar-refractivity contribution >= 4 is 11.2 Å². The van der Waals surface area contributed by atoms with Crippen molar-refractivity contribution in [1.82, 2.24) is 29.5 Å². The van der Waals surface area contributed by atoms with Crippen molar-refractivity contribution in [3.8, 4) is 22.6 Å². The smallest absolute Gasteiger partial charge is 0.160 e. The molecule has 1 aliphatic rings. The zero-order valence-electron chi connectivity index (χ0n) is 22.9. The van der Waals surface area contributed by atoms with E-state index < -0.39 is 5.60 Å². The van der Waals surface area contributed by atoms with Crippen LogP contribution in [-0.2, 0) is 17.4 Å². The van der Waals surface area contributed by atoms with Crippen LogP contribution < -0.4 is 0 Å². The van der Waals surface area contributed by atoms with Crippen molar-refractivity contribution in [2.45, 2.75) is 45.3 Å². The zero-order chi connectivity index (χ0) is 27.1. The fourth-order valence-electron chi connectivity index (χ4n) is 5.78. The van der Waals surface area contributed by atoms with Crippen molar-refractivity contribution in [2.75, 3.05) is 13.2 Å². The molecule has 1 fully saturated rings. The number of hydrogen-bond donors (Lipinski definition) is 1. The van der Waals surface area contributed by atoms with Crippen molar-refractivity contribution in [1.29, 1.82) is 0 Å². The number of fused-ring (bicyclic) bond motifs is 1. The molecule has 8 nitrogen and oxygen atoms in total. The van der Waals surface area contributed by atoms with Gasteiger partial charge in [0.15, 0.2) is 5.65 Å². The molecule has 1 atom stereocenters. The van der Waals surface area contributed by atoms with Gasteiger partial charge in [-0.2, -0.15) is 0 Å². The van der Waals surface area contributed by atoms with E-state index in [0.29, 0.717) is 5.92 Å². The number of benzene rings is 2. The van der Waals surface area contributed by atoms with Crippen LogP contribution in [0.15, 0.2) is 66.9 Å². The first-order valence-corrected chi connectivity index (χ1v) is 13.5. The Bertz CT molecular complexity index is 1570. The Labute approximate surface area is 228 Å². The Morgan fingerprint density at radius 2 is 1.72 bits per heavy atom. The van der Waals surface area contributed by atoms with Gasteiger partial charge in [-0.05, 0) is 56.7 Å². The molecule has 39 heavy (non-hydrogen) atoms. The van der Waals surface area contributed by atoms with E-state index >= 15 is 0 Å². The molecule has 0 amide bonds. The third-order valence-electron chi connectivity index (χ3n) is 7.78. The summed E-state index contributed by atoms with van der Waals surface area (Å²) >= 11 is 0. The lowest BCUT2D eigenvalue weighted by molar-refractivity contribution is 0.0549. The normalized spacial score (nSPS) is 15.6. The standard InChI is InChI=1S/C31H34N6O2/c1-20-27(36(4)35-34-20)24-18-26-30(32-19-24)37(29(33-26)23-10-12-25(13-11-23)31(2,3)38)28(21-8-6-5-7-9-21)22-14-16-39-17-15-22/h5-13,18-19,22,28,38H,14-17H2,1-4H3. The van der Waals surface area contributed by atoms with Crippen LogP contribution in [0.4, 0.5) is 0 Å². The van der Waals surface area contributed by atoms with Gasteiger partial charge in [0.1, 0.15) is 11.3 Å². The van der Waals surface area contributed by atoms with Crippen LogP contribution in [-0.4, -0.2) is 47.8 Å². The number of aromatic nitrogens is 6. The number of aryl methyl sites for hydroxylation is 2. The number of rotatable bonds is 6. The van der Waals surface area contributed by atoms with Crippen LogP contribution in [0.25, 0.3) is 33.8 Å². The molecule has 1 saturated heterocycles. The Morgan fingerprint density at radius 3 is 2.36 bits per heavy atom. The quantitative estimate of drug-likeness (QED) is 0.319. The van der Waals surface area contributed by atoms with Crippen LogP contribution >= 0.6 is 0 Å². The van der Waals surface area contributed by atoms with E-state index in [-0.39, 0.29) is 6.04 Å². The maximum atomic E-state index is 10.5. The molecule has 5 aromatic rings. The van der Waals surface area contributed by atoms with Crippen LogP contribution in [0.5, 0.6) is 0 Å². The second-order valence-electron chi connectivity index (χ2n) is 11.0. The highest BCUT2D eigenvalue weighted by atomic mass is 16.5. The second kappa shape index (κ2) is 10.0. The lowest BCUT2D eigenvalue weighted by atomic mass is 9.86. The predicted octanol–water partition coefficient (Wildman–Crippen LogP) is 5.45. The molecule has 1 N–H and O–H groups in total. The first kappa shape index (κ1) is 25.4. The average Bonchev–Trinajstić information content (AvgIpc) is 3.48. The van der Waals surface area contributed by atoms with E-state index in [9.17, 15) is 5.11 Å². The molecule has 4 heterocycles. The maximum Gasteiger partial charge on any atom is 0.160 e. The Kier molecular flexibility index (Phi) is 6.53. The zero-order valence-corrected chi connectivity index (χ0v) is 22.9. The van der Waals surface area contributed by atoms with Crippen molar-refractivity contribution in [3.63, 3.8) is 0 Å². The summed E-state index contributed by atoms with van der Waals surface area (Å²) in [5, 5.41) is 18.9. The summed E-state index contributed by atoms with van der Waals surface area (Å²) in [6.07, 6.45) is 3.84. The summed E-state index contributed by atoms with van der Waals surface area (Å²) in [6, 6.07) is 20.8. The fourth-order valence-corrected chi connectivity index (χ4v) is 5.78. The number of aliphatic hydroxyl groups is 1. The number of hydrogen-bond acceptors (Lipinski definition) is 6. The molecule has 2 aromatic carbocycles. The topological polar surface area (TPSA) is 90.9 Å². The van der Waals surface area contributed by atoms with Gasteiger partial charge in [0.25, 0.3) is 0 Å². The van der Waals surface area contributed by atoms with Gasteiger partial charge in [-0.1, -0.05) is 59.8 Å². The van der Waals surface area contributed by atoms with E-state index in [1.807, 2.05) is 44.4 Å². The van der Waals surface area contributed by atoms with Gasteiger partial charge in [-0.25, -0.2) is 14.6 Å². The molecule has 0 radical (unpaired) electrons. The maximum absolute atomic E-state index is 10.5. The minimum absolute atomic E-state index is 0.0440. The predicted molar refractivity (Wildman–Crippen MR) is 151 cm³/mol. The molecule has 1 unspecified atom stereocenters. The van der Waals surface area contributed by atoms with Crippen LogP contribution in [0.2, 0.25) is 0 Å². The SMILES string of the molecule is Cc1nnn(C)c1-c1cnc2c(c1)nc(-c1ccc(C(C)(C)O)cc1)n2C(c1ccccc1)C1CCOCC1. The van der Waals surface area contributed by atoms with Crippen molar-refractivity contribution in [3.05, 3.63) is 83.7 Å². The number of nitrogens with zero attached hydrogens (tertiary/aromatic N) is 6. The highest BCUT2D eigenvalue weighted by Crippen LogP contribution is 2.40. The second-order valence-corrected chi connectivity index (χ2v) is 11.0. The van der Waals surface area contributed by atoms with Crippen LogP contribution in [0, 0.1) is 12.8 Å². The summed E-state index contributed by atoms with van der Waals surface area (Å²) in [7, 11) is 1.89. The third-order valence-corrected chi connectivity index (χ3v) is 7.78. The Morgan fingerprint density at radius 1 is 1.00 bits per heavy atom. The van der Waals surface area contributed by atoms with Gasteiger partial charge in [-0.15, -0.1) is 5.10 Å². The summed E-state index contributed by atoms with van der Waals surface area (Å²) in [6.45, 7) is 7.06. The van der Waals surface area contributed by atoms with Crippen LogP contribution in [0.3, 0.4) is 0 Å². The van der Waals surface area contributed by atoms with E-state index in [1.54, 1.807) is 18.5 Å². The van der Waals surface area contributed by atoms with Gasteiger partial charge in [0.05, 0.1) is 23.0 Å². The van der Waals surface area contributed by atoms with Gasteiger partial charge in [0.2, 0.25) is 0 Å². The van der Waals surface area contributed by atoms with E-state index in [0.717, 1.165) is 71.1 Å². The Balaban J connectivity index is 1.58. The molecular weight excluding hydrogens is 488 g/mol. The molecule has 0 spiro atoms. The average molecular weight is 523 g/mol. The summed E-state index contributed by atoms with van der Waals surface area (Å²) in [4.78, 5) is 10.2. The molecule has 0 aliphatic carbocycles. The highest BCUT2D eigenvalue weighted by Gasteiger charge is 2.31. The molecule has 200 valence electrons. The number of pyridine rings is 1. The first-order valence-electron chi connectivity index (χ1n) is 13.5. The minimum Gasteiger partial charge on any atom is -0.386 e. The minimum atomic E-state index is -0.918. The van der Waals surface area contributed by atoms with E-state index in [2.05, 4.69) is 51.3 Å². The van der Waals surface area contributed by atoms with Gasteiger partial charge < -0.3 is 14.4 Å². The summed E-state index contributed by atoms with van der Waals surface area (Å²) in [5.41, 5.74) is 6.53. The van der Waals surface area contributed by atoms with Crippen molar-refractivity contribution in [2.24, 2.45) is 13.0 Å². The lowest BCUT2D eigenvalue weighted by Crippen LogP contribution is -2.27. The van der Waals surface area contributed by atoms with E-state index in [1.165, 1.54) is 5.56 Å². The summed E-state index contributed by atoms with van der Waals surface area (Å²) in [5.74, 6) is 1.23. The summed E-state index contributed by atoms with van der Waals surface area (Å²) < 4.78 is 9.85. The molecule has 1 aliphatic heterocycles. The largest absolute Gasteiger partial charge is 0.386 e. The molecule has 8 heteroatoms. The number of imidazole rings is 1. The van der Waals surface area contributed by atoms with Gasteiger partial charge >= 0.3 is 0 Å². The van der Waals surface area contributed by atoms with Crippen molar-refractivity contribution < 1.29 is 9.84 Å².